The topological polar surface area (TPSA) is 28.4 Å². The van der Waals surface area contributed by atoms with E-state index in [1.165, 1.54) is 12.1 Å². The molecule has 1 atom stereocenters. The molecule has 1 saturated heterocycles. The Hall–Kier alpha value is -1.43. The standard InChI is InChI=1S/C15H16F2N2O.ClH/c16-11-3-4-12(13(17)10-11)15(14-2-1-9-20-14)19-7-5-18-6-8-19;/h1-4,9-10,15,18H,5-8H2;1H/t15-;/m0./s1. The number of halogens is 3. The average molecular weight is 315 g/mol. The van der Waals surface area contributed by atoms with Crippen molar-refractivity contribution in [2.75, 3.05) is 26.2 Å². The minimum atomic E-state index is -0.565. The highest BCUT2D eigenvalue weighted by Gasteiger charge is 2.28. The molecule has 0 amide bonds. The van der Waals surface area contributed by atoms with Crippen LogP contribution in [-0.4, -0.2) is 31.1 Å². The lowest BCUT2D eigenvalue weighted by Crippen LogP contribution is -2.45. The fraction of sp³-hybridized carbons (Fsp3) is 0.333. The van der Waals surface area contributed by atoms with Crippen molar-refractivity contribution in [3.05, 3.63) is 59.6 Å². The van der Waals surface area contributed by atoms with Gasteiger partial charge in [0.05, 0.1) is 12.3 Å². The smallest absolute Gasteiger partial charge is 0.131 e. The monoisotopic (exact) mass is 314 g/mol. The molecule has 3 nitrogen and oxygen atoms in total. The van der Waals surface area contributed by atoms with Crippen molar-refractivity contribution in [1.29, 1.82) is 0 Å². The van der Waals surface area contributed by atoms with Gasteiger partial charge in [-0.15, -0.1) is 12.4 Å². The zero-order chi connectivity index (χ0) is 13.9. The Morgan fingerprint density at radius 3 is 2.52 bits per heavy atom. The van der Waals surface area contributed by atoms with Crippen molar-refractivity contribution in [1.82, 2.24) is 10.2 Å². The molecule has 0 unspecified atom stereocenters. The molecule has 3 rings (SSSR count). The third-order valence-electron chi connectivity index (χ3n) is 3.59. The van der Waals surface area contributed by atoms with E-state index in [0.717, 1.165) is 32.2 Å². The Labute approximate surface area is 128 Å². The molecule has 0 spiro atoms. The van der Waals surface area contributed by atoms with Gasteiger partial charge in [-0.1, -0.05) is 6.07 Å². The van der Waals surface area contributed by atoms with Crippen molar-refractivity contribution in [3.8, 4) is 0 Å². The predicted octanol–water partition coefficient (Wildman–Crippen LogP) is 2.97. The van der Waals surface area contributed by atoms with E-state index in [1.807, 2.05) is 6.07 Å². The quantitative estimate of drug-likeness (QED) is 0.944. The minimum absolute atomic E-state index is 0. The van der Waals surface area contributed by atoms with Crippen LogP contribution in [0.5, 0.6) is 0 Å². The fourth-order valence-electron chi connectivity index (χ4n) is 2.64. The van der Waals surface area contributed by atoms with Crippen molar-refractivity contribution >= 4 is 12.4 Å². The van der Waals surface area contributed by atoms with E-state index in [9.17, 15) is 8.78 Å². The summed E-state index contributed by atoms with van der Waals surface area (Å²) in [4.78, 5) is 2.14. The van der Waals surface area contributed by atoms with Crippen molar-refractivity contribution in [2.45, 2.75) is 6.04 Å². The van der Waals surface area contributed by atoms with Gasteiger partial charge in [0.2, 0.25) is 0 Å². The molecule has 2 heterocycles. The van der Waals surface area contributed by atoms with Gasteiger partial charge in [-0.25, -0.2) is 8.78 Å². The Kier molecular flexibility index (Phi) is 5.33. The lowest BCUT2D eigenvalue weighted by Gasteiger charge is -2.34. The summed E-state index contributed by atoms with van der Waals surface area (Å²) in [5, 5.41) is 3.26. The number of nitrogens with one attached hydrogen (secondary N) is 1. The summed E-state index contributed by atoms with van der Waals surface area (Å²) in [6, 6.07) is 7.01. The Bertz CT molecular complexity index is 571. The Balaban J connectivity index is 0.00000161. The minimum Gasteiger partial charge on any atom is -0.467 e. The van der Waals surface area contributed by atoms with Crippen LogP contribution in [0.15, 0.2) is 41.0 Å². The molecule has 21 heavy (non-hydrogen) atoms. The highest BCUT2D eigenvalue weighted by molar-refractivity contribution is 5.85. The van der Waals surface area contributed by atoms with Crippen LogP contribution >= 0.6 is 12.4 Å². The summed E-state index contributed by atoms with van der Waals surface area (Å²) in [5.74, 6) is -0.424. The summed E-state index contributed by atoms with van der Waals surface area (Å²) < 4.78 is 32.7. The summed E-state index contributed by atoms with van der Waals surface area (Å²) in [6.45, 7) is 3.28. The van der Waals surface area contributed by atoms with Gasteiger partial charge in [-0.2, -0.15) is 0 Å². The van der Waals surface area contributed by atoms with Crippen molar-refractivity contribution in [2.24, 2.45) is 0 Å². The van der Waals surface area contributed by atoms with Gasteiger partial charge in [-0.05, 0) is 18.2 Å². The van der Waals surface area contributed by atoms with Crippen LogP contribution in [0.1, 0.15) is 17.4 Å². The third kappa shape index (κ3) is 3.43. The first-order valence-electron chi connectivity index (χ1n) is 6.69. The van der Waals surface area contributed by atoms with Crippen LogP contribution in [0, 0.1) is 11.6 Å². The van der Waals surface area contributed by atoms with Gasteiger partial charge < -0.3 is 9.73 Å². The molecule has 1 aromatic heterocycles. The molecule has 1 N–H and O–H groups in total. The predicted molar refractivity (Wildman–Crippen MR) is 78.6 cm³/mol. The zero-order valence-electron chi connectivity index (χ0n) is 11.4. The van der Waals surface area contributed by atoms with E-state index in [4.69, 9.17) is 4.42 Å². The maximum Gasteiger partial charge on any atom is 0.131 e. The molecule has 0 saturated carbocycles. The van der Waals surface area contributed by atoms with Crippen LogP contribution < -0.4 is 5.32 Å². The van der Waals surface area contributed by atoms with E-state index in [-0.39, 0.29) is 18.4 Å². The largest absolute Gasteiger partial charge is 0.467 e. The maximum absolute atomic E-state index is 14.1. The number of rotatable bonds is 3. The second-order valence-corrected chi connectivity index (χ2v) is 4.87. The van der Waals surface area contributed by atoms with Gasteiger partial charge in [0.1, 0.15) is 17.4 Å². The molecule has 6 heteroatoms. The summed E-state index contributed by atoms with van der Waals surface area (Å²) in [5.41, 5.74) is 0.447. The van der Waals surface area contributed by atoms with E-state index >= 15 is 0 Å². The van der Waals surface area contributed by atoms with Gasteiger partial charge in [0, 0.05) is 37.8 Å². The lowest BCUT2D eigenvalue weighted by molar-refractivity contribution is 0.177. The zero-order valence-corrected chi connectivity index (χ0v) is 12.2. The molecule has 0 bridgehead atoms. The van der Waals surface area contributed by atoms with Crippen molar-refractivity contribution < 1.29 is 13.2 Å². The molecule has 114 valence electrons. The van der Waals surface area contributed by atoms with Crippen LogP contribution in [0.4, 0.5) is 8.78 Å². The first-order chi connectivity index (χ1) is 9.75. The van der Waals surface area contributed by atoms with Gasteiger partial charge >= 0.3 is 0 Å². The summed E-state index contributed by atoms with van der Waals surface area (Å²) in [6.07, 6.45) is 1.58. The van der Waals surface area contributed by atoms with E-state index < -0.39 is 11.6 Å². The van der Waals surface area contributed by atoms with E-state index in [1.54, 1.807) is 12.3 Å². The lowest BCUT2D eigenvalue weighted by atomic mass is 10.0. The Morgan fingerprint density at radius 1 is 1.14 bits per heavy atom. The second-order valence-electron chi connectivity index (χ2n) is 4.87. The highest BCUT2D eigenvalue weighted by atomic mass is 35.5. The Morgan fingerprint density at radius 2 is 1.90 bits per heavy atom. The van der Waals surface area contributed by atoms with Crippen molar-refractivity contribution in [3.63, 3.8) is 0 Å². The molecular formula is C15H17ClF2N2O. The van der Waals surface area contributed by atoms with E-state index in [2.05, 4.69) is 10.2 Å². The van der Waals surface area contributed by atoms with Gasteiger partial charge in [-0.3, -0.25) is 4.90 Å². The number of benzene rings is 1. The fourth-order valence-corrected chi connectivity index (χ4v) is 2.64. The molecule has 1 aliphatic rings. The normalized spacial score (nSPS) is 17.2. The van der Waals surface area contributed by atoms with Gasteiger partial charge in [0.15, 0.2) is 0 Å². The number of hydrogen-bond donors (Lipinski definition) is 1. The maximum atomic E-state index is 14.1. The van der Waals surface area contributed by atoms with Crippen LogP contribution in [-0.2, 0) is 0 Å². The molecule has 1 aliphatic heterocycles. The number of hydrogen-bond acceptors (Lipinski definition) is 3. The molecule has 0 aliphatic carbocycles. The number of piperazine rings is 1. The van der Waals surface area contributed by atoms with Crippen LogP contribution in [0.25, 0.3) is 0 Å². The molecule has 0 radical (unpaired) electrons. The first-order valence-corrected chi connectivity index (χ1v) is 6.69. The van der Waals surface area contributed by atoms with Gasteiger partial charge in [0.25, 0.3) is 0 Å². The number of nitrogens with zero attached hydrogens (tertiary/aromatic N) is 1. The van der Waals surface area contributed by atoms with Crippen LogP contribution in [0.3, 0.4) is 0 Å². The molecule has 1 aromatic carbocycles. The molecule has 2 aromatic rings. The van der Waals surface area contributed by atoms with Crippen LogP contribution in [0.2, 0.25) is 0 Å². The number of furan rings is 1. The second kappa shape index (κ2) is 7.02. The third-order valence-corrected chi connectivity index (χ3v) is 3.59. The molecular weight excluding hydrogens is 298 g/mol. The SMILES string of the molecule is Cl.Fc1ccc([C@@H](c2ccco2)N2CCNCC2)c(F)c1. The summed E-state index contributed by atoms with van der Waals surface area (Å²) in [7, 11) is 0. The highest BCUT2D eigenvalue weighted by Crippen LogP contribution is 2.31. The first kappa shape index (κ1) is 15.9. The van der Waals surface area contributed by atoms with E-state index in [0.29, 0.717) is 11.3 Å². The molecule has 1 fully saturated rings. The summed E-state index contributed by atoms with van der Waals surface area (Å²) >= 11 is 0. The average Bonchev–Trinajstić information content (AvgIpc) is 2.97.